The molecule has 23 heavy (non-hydrogen) atoms. The number of rotatable bonds is 5. The summed E-state index contributed by atoms with van der Waals surface area (Å²) in [5.74, 6) is -0.0370. The minimum atomic E-state index is -0.0659. The second-order valence-electron chi connectivity index (χ2n) is 5.46. The number of H-pyrrole nitrogens is 1. The Kier molecular flexibility index (Phi) is 4.57. The summed E-state index contributed by atoms with van der Waals surface area (Å²) < 4.78 is 5.89. The minimum absolute atomic E-state index is 0.0370. The van der Waals surface area contributed by atoms with Crippen molar-refractivity contribution in [2.24, 2.45) is 0 Å². The van der Waals surface area contributed by atoms with Gasteiger partial charge in [-0.25, -0.2) is 9.97 Å². The molecule has 0 radical (unpaired) electrons. The summed E-state index contributed by atoms with van der Waals surface area (Å²) in [4.78, 5) is 25.3. The van der Waals surface area contributed by atoms with Gasteiger partial charge in [0.05, 0.1) is 30.8 Å². The zero-order valence-corrected chi connectivity index (χ0v) is 13.2. The summed E-state index contributed by atoms with van der Waals surface area (Å²) in [7, 11) is 0. The molecule has 7 nitrogen and oxygen atoms in total. The van der Waals surface area contributed by atoms with Crippen LogP contribution in [0.3, 0.4) is 0 Å². The first-order chi connectivity index (χ1) is 11.2. The largest absolute Gasteiger partial charge is 0.381 e. The molecular weight excluding hydrogens is 294 g/mol. The summed E-state index contributed by atoms with van der Waals surface area (Å²) >= 11 is 0. The van der Waals surface area contributed by atoms with Crippen molar-refractivity contribution in [2.45, 2.75) is 25.5 Å². The number of anilines is 1. The van der Waals surface area contributed by atoms with Crippen molar-refractivity contribution in [2.75, 3.05) is 25.0 Å². The Labute approximate surface area is 134 Å². The van der Waals surface area contributed by atoms with Gasteiger partial charge in [-0.15, -0.1) is 0 Å². The van der Waals surface area contributed by atoms with Crippen molar-refractivity contribution in [1.82, 2.24) is 19.9 Å². The molecule has 0 aromatic carbocycles. The number of hydrogen-bond acceptors (Lipinski definition) is 5. The first-order valence-electron chi connectivity index (χ1n) is 7.81. The highest BCUT2D eigenvalue weighted by molar-refractivity contribution is 5.87. The third-order valence-corrected chi connectivity index (χ3v) is 4.19. The number of fused-ring (bicyclic) bond motifs is 1. The maximum Gasteiger partial charge on any atom is 0.246 e. The van der Waals surface area contributed by atoms with E-state index in [2.05, 4.69) is 33.8 Å². The predicted octanol–water partition coefficient (Wildman–Crippen LogP) is 1.56. The maximum atomic E-state index is 12.0. The fourth-order valence-electron chi connectivity index (χ4n) is 3.06. The average Bonchev–Trinajstić information content (AvgIpc) is 3.08. The molecule has 2 atom stereocenters. The molecule has 0 bridgehead atoms. The number of pyridine rings is 1. The lowest BCUT2D eigenvalue weighted by Crippen LogP contribution is -2.55. The van der Waals surface area contributed by atoms with E-state index in [1.807, 2.05) is 11.0 Å². The minimum Gasteiger partial charge on any atom is -0.381 e. The quantitative estimate of drug-likeness (QED) is 0.818. The van der Waals surface area contributed by atoms with Crippen LogP contribution < -0.4 is 5.32 Å². The van der Waals surface area contributed by atoms with Crippen LogP contribution >= 0.6 is 0 Å². The lowest BCUT2D eigenvalue weighted by Gasteiger charge is -2.40. The van der Waals surface area contributed by atoms with E-state index in [4.69, 9.17) is 4.74 Å². The smallest absolute Gasteiger partial charge is 0.246 e. The fraction of sp³-hybridized carbons (Fsp3) is 0.438. The number of nitrogens with zero attached hydrogens (tertiary/aromatic N) is 3. The Morgan fingerprint density at radius 1 is 1.61 bits per heavy atom. The molecule has 0 saturated carbocycles. The molecule has 0 spiro atoms. The van der Waals surface area contributed by atoms with E-state index in [1.54, 1.807) is 12.5 Å². The number of carbonyl (C=O) groups is 1. The van der Waals surface area contributed by atoms with Gasteiger partial charge in [0.25, 0.3) is 0 Å². The topological polar surface area (TPSA) is 83.1 Å². The molecule has 2 aromatic heterocycles. The number of carbonyl (C=O) groups excluding carboxylic acids is 1. The lowest BCUT2D eigenvalue weighted by atomic mass is 10.0. The van der Waals surface area contributed by atoms with Crippen molar-refractivity contribution >= 4 is 22.8 Å². The Morgan fingerprint density at radius 2 is 2.48 bits per heavy atom. The molecule has 3 heterocycles. The van der Waals surface area contributed by atoms with Crippen LogP contribution in [0.15, 0.2) is 31.2 Å². The van der Waals surface area contributed by atoms with Gasteiger partial charge in [0.1, 0.15) is 5.52 Å². The van der Waals surface area contributed by atoms with Crippen LogP contribution in [-0.2, 0) is 9.53 Å². The van der Waals surface area contributed by atoms with Crippen LogP contribution in [0.2, 0.25) is 0 Å². The van der Waals surface area contributed by atoms with E-state index >= 15 is 0 Å². The van der Waals surface area contributed by atoms with Crippen molar-refractivity contribution in [3.05, 3.63) is 31.2 Å². The van der Waals surface area contributed by atoms with E-state index < -0.39 is 0 Å². The number of nitrogens with one attached hydrogen (secondary N) is 2. The number of amides is 1. The molecule has 1 amide bonds. The zero-order chi connectivity index (χ0) is 16.2. The molecule has 122 valence electrons. The highest BCUT2D eigenvalue weighted by Gasteiger charge is 2.32. The number of aromatic amines is 1. The number of ether oxygens (including phenoxy) is 1. The van der Waals surface area contributed by atoms with Crippen LogP contribution in [0.1, 0.15) is 13.3 Å². The average molecular weight is 315 g/mol. The SMILES string of the molecule is C=CC(=O)N1CCO[C@H](CNc2ccnc3nc[nH]c23)[C@@H]1CC. The first kappa shape index (κ1) is 15.5. The zero-order valence-electron chi connectivity index (χ0n) is 13.2. The highest BCUT2D eigenvalue weighted by atomic mass is 16.5. The van der Waals surface area contributed by atoms with Gasteiger partial charge in [0, 0.05) is 19.3 Å². The van der Waals surface area contributed by atoms with Crippen LogP contribution in [-0.4, -0.2) is 57.6 Å². The molecule has 1 fully saturated rings. The van der Waals surface area contributed by atoms with Gasteiger partial charge in [-0.1, -0.05) is 13.5 Å². The van der Waals surface area contributed by atoms with E-state index in [-0.39, 0.29) is 18.1 Å². The van der Waals surface area contributed by atoms with Crippen LogP contribution in [0.4, 0.5) is 5.69 Å². The van der Waals surface area contributed by atoms with Crippen LogP contribution in [0.5, 0.6) is 0 Å². The standard InChI is InChI=1S/C16H21N5O2/c1-3-12-13(23-8-7-21(12)14(22)4-2)9-18-11-5-6-17-16-15(11)19-10-20-16/h4-6,10,12-13H,2-3,7-9H2,1H3,(H2,17,18,19,20)/t12-,13+/m0/s1. The Balaban J connectivity index is 1.72. The maximum absolute atomic E-state index is 12.0. The number of hydrogen-bond donors (Lipinski definition) is 2. The Bertz CT molecular complexity index is 699. The van der Waals surface area contributed by atoms with Crippen molar-refractivity contribution in [1.29, 1.82) is 0 Å². The molecular formula is C16H21N5O2. The number of morpholine rings is 1. The van der Waals surface area contributed by atoms with Crippen LogP contribution in [0, 0.1) is 0 Å². The number of aromatic nitrogens is 3. The van der Waals surface area contributed by atoms with Crippen molar-refractivity contribution in [3.63, 3.8) is 0 Å². The second-order valence-corrected chi connectivity index (χ2v) is 5.46. The first-order valence-corrected chi connectivity index (χ1v) is 7.81. The van der Waals surface area contributed by atoms with Gasteiger partial charge >= 0.3 is 0 Å². The molecule has 2 aromatic rings. The van der Waals surface area contributed by atoms with E-state index in [1.165, 1.54) is 6.08 Å². The van der Waals surface area contributed by atoms with Crippen LogP contribution in [0.25, 0.3) is 11.2 Å². The molecule has 3 rings (SSSR count). The third kappa shape index (κ3) is 3.05. The number of imidazole rings is 1. The summed E-state index contributed by atoms with van der Waals surface area (Å²) in [6.07, 6.45) is 5.48. The molecule has 1 aliphatic rings. The fourth-order valence-corrected chi connectivity index (χ4v) is 3.06. The van der Waals surface area contributed by atoms with E-state index in [0.717, 1.165) is 17.6 Å². The molecule has 0 unspecified atom stereocenters. The van der Waals surface area contributed by atoms with Gasteiger partial charge in [0.15, 0.2) is 5.65 Å². The summed E-state index contributed by atoms with van der Waals surface area (Å²) in [6.45, 7) is 7.41. The lowest BCUT2D eigenvalue weighted by molar-refractivity contribution is -0.140. The monoisotopic (exact) mass is 315 g/mol. The van der Waals surface area contributed by atoms with Gasteiger partial charge in [-0.05, 0) is 18.6 Å². The molecule has 0 aliphatic carbocycles. The highest BCUT2D eigenvalue weighted by Crippen LogP contribution is 2.21. The summed E-state index contributed by atoms with van der Waals surface area (Å²) in [5, 5.41) is 3.39. The molecule has 2 N–H and O–H groups in total. The molecule has 1 saturated heterocycles. The second kappa shape index (κ2) is 6.78. The summed E-state index contributed by atoms with van der Waals surface area (Å²) in [6, 6.07) is 1.94. The van der Waals surface area contributed by atoms with Gasteiger partial charge in [-0.3, -0.25) is 4.79 Å². The Morgan fingerprint density at radius 3 is 3.26 bits per heavy atom. The Hall–Kier alpha value is -2.41. The van der Waals surface area contributed by atoms with Gasteiger partial charge in [-0.2, -0.15) is 0 Å². The van der Waals surface area contributed by atoms with Crippen molar-refractivity contribution in [3.8, 4) is 0 Å². The molecule has 1 aliphatic heterocycles. The normalized spacial score (nSPS) is 21.3. The third-order valence-electron chi connectivity index (χ3n) is 4.19. The van der Waals surface area contributed by atoms with Crippen molar-refractivity contribution < 1.29 is 9.53 Å². The van der Waals surface area contributed by atoms with Gasteiger partial charge < -0.3 is 19.9 Å². The van der Waals surface area contributed by atoms with E-state index in [0.29, 0.717) is 25.3 Å². The molecule has 7 heteroatoms. The predicted molar refractivity (Wildman–Crippen MR) is 88.1 cm³/mol. The van der Waals surface area contributed by atoms with Gasteiger partial charge in [0.2, 0.25) is 5.91 Å². The summed E-state index contributed by atoms with van der Waals surface area (Å²) in [5.41, 5.74) is 2.48. The van der Waals surface area contributed by atoms with E-state index in [9.17, 15) is 4.79 Å².